The molecule has 1 saturated heterocycles. The van der Waals surface area contributed by atoms with E-state index in [-0.39, 0.29) is 29.2 Å². The van der Waals surface area contributed by atoms with Crippen LogP contribution in [0, 0.1) is 5.82 Å². The number of nitrogens with zero attached hydrogens (tertiary/aromatic N) is 1. The SMILES string of the molecule is C=CC1=CC[C@@]2(Cl)C(=O)N(c3ccc(F)cc3)C(=O)[C@@]2(Cl)[C@H]1c1cccc(OC)c1O. The van der Waals surface area contributed by atoms with Crippen LogP contribution in [0.3, 0.4) is 0 Å². The van der Waals surface area contributed by atoms with E-state index in [0.29, 0.717) is 5.57 Å². The van der Waals surface area contributed by atoms with Gasteiger partial charge in [0.05, 0.1) is 12.8 Å². The average molecular weight is 462 g/mol. The second-order valence-electron chi connectivity index (χ2n) is 7.38. The van der Waals surface area contributed by atoms with E-state index >= 15 is 0 Å². The number of methoxy groups -OCH3 is 1. The Balaban J connectivity index is 1.95. The molecule has 0 aromatic heterocycles. The van der Waals surface area contributed by atoms with Gasteiger partial charge in [-0.1, -0.05) is 30.9 Å². The molecule has 8 heteroatoms. The minimum atomic E-state index is -1.97. The Labute approximate surface area is 188 Å². The Morgan fingerprint density at radius 2 is 1.87 bits per heavy atom. The van der Waals surface area contributed by atoms with Gasteiger partial charge in [0.15, 0.2) is 21.2 Å². The quantitative estimate of drug-likeness (QED) is 0.530. The molecule has 1 aliphatic carbocycles. The van der Waals surface area contributed by atoms with Gasteiger partial charge in [-0.15, -0.1) is 23.2 Å². The van der Waals surface area contributed by atoms with Gasteiger partial charge in [0.1, 0.15) is 5.82 Å². The Morgan fingerprint density at radius 3 is 2.48 bits per heavy atom. The zero-order valence-corrected chi connectivity index (χ0v) is 18.0. The number of imide groups is 1. The number of hydrogen-bond acceptors (Lipinski definition) is 4. The maximum Gasteiger partial charge on any atom is 0.258 e. The van der Waals surface area contributed by atoms with Crippen molar-refractivity contribution in [1.29, 1.82) is 0 Å². The number of ether oxygens (including phenoxy) is 1. The van der Waals surface area contributed by atoms with Crippen molar-refractivity contribution < 1.29 is 23.8 Å². The van der Waals surface area contributed by atoms with Crippen molar-refractivity contribution in [3.05, 3.63) is 78.1 Å². The number of para-hydroxylation sites is 1. The highest BCUT2D eigenvalue weighted by atomic mass is 35.5. The Morgan fingerprint density at radius 1 is 1.19 bits per heavy atom. The number of amides is 2. The van der Waals surface area contributed by atoms with E-state index < -0.39 is 33.3 Å². The molecule has 31 heavy (non-hydrogen) atoms. The highest BCUT2D eigenvalue weighted by Crippen LogP contribution is 2.61. The molecule has 4 rings (SSSR count). The van der Waals surface area contributed by atoms with E-state index in [1.807, 2.05) is 0 Å². The molecule has 0 radical (unpaired) electrons. The molecule has 2 aromatic carbocycles. The molecular formula is C23H18Cl2FNO4. The lowest BCUT2D eigenvalue weighted by molar-refractivity contribution is -0.122. The standard InChI is InChI=1S/C23H18Cl2FNO4/c1-3-13-11-12-22(24)20(29)27(15-9-7-14(26)8-10-15)21(30)23(22,25)18(13)16-5-4-6-17(31-2)19(16)28/h3-11,18,28H,1,12H2,2H3/t18-,22-,23+/m1/s1. The van der Waals surface area contributed by atoms with Gasteiger partial charge in [-0.2, -0.15) is 0 Å². The van der Waals surface area contributed by atoms with Crippen LogP contribution in [0.2, 0.25) is 0 Å². The summed E-state index contributed by atoms with van der Waals surface area (Å²) in [6, 6.07) is 9.67. The third kappa shape index (κ3) is 2.82. The number of carbonyl (C=O) groups is 2. The summed E-state index contributed by atoms with van der Waals surface area (Å²) in [5.74, 6) is -3.03. The summed E-state index contributed by atoms with van der Waals surface area (Å²) in [4.78, 5) is 24.2. The molecule has 160 valence electrons. The molecule has 0 bridgehead atoms. The van der Waals surface area contributed by atoms with Gasteiger partial charge in [-0.05, 0) is 42.3 Å². The second kappa shape index (κ2) is 7.39. The van der Waals surface area contributed by atoms with Crippen molar-refractivity contribution in [1.82, 2.24) is 0 Å². The summed E-state index contributed by atoms with van der Waals surface area (Å²) in [5.41, 5.74) is 0.962. The molecule has 3 atom stereocenters. The lowest BCUT2D eigenvalue weighted by Gasteiger charge is -2.42. The summed E-state index contributed by atoms with van der Waals surface area (Å²) in [7, 11) is 1.40. The Kier molecular flexibility index (Phi) is 5.10. The third-order valence-electron chi connectivity index (χ3n) is 5.86. The molecule has 0 saturated carbocycles. The molecule has 1 N–H and O–H groups in total. The first-order valence-electron chi connectivity index (χ1n) is 9.41. The first-order valence-corrected chi connectivity index (χ1v) is 10.2. The maximum absolute atomic E-state index is 13.7. The predicted molar refractivity (Wildman–Crippen MR) is 116 cm³/mol. The fourth-order valence-corrected chi connectivity index (χ4v) is 5.15. The van der Waals surface area contributed by atoms with Crippen LogP contribution in [0.15, 0.2) is 66.8 Å². The fraction of sp³-hybridized carbons (Fsp3) is 0.217. The first kappa shape index (κ1) is 21.4. The number of fused-ring (bicyclic) bond motifs is 1. The number of aromatic hydroxyl groups is 1. The van der Waals surface area contributed by atoms with Crippen molar-refractivity contribution in [2.45, 2.75) is 22.1 Å². The molecule has 5 nitrogen and oxygen atoms in total. The van der Waals surface area contributed by atoms with Gasteiger partial charge in [0.25, 0.3) is 11.8 Å². The van der Waals surface area contributed by atoms with Crippen LogP contribution in [0.5, 0.6) is 11.5 Å². The number of anilines is 1. The zero-order chi connectivity index (χ0) is 22.6. The smallest absolute Gasteiger partial charge is 0.258 e. The van der Waals surface area contributed by atoms with Gasteiger partial charge < -0.3 is 9.84 Å². The molecule has 2 amide bonds. The number of alkyl halides is 2. The zero-order valence-electron chi connectivity index (χ0n) is 16.4. The number of benzene rings is 2. The van der Waals surface area contributed by atoms with Crippen LogP contribution in [0.25, 0.3) is 0 Å². The van der Waals surface area contributed by atoms with E-state index in [2.05, 4.69) is 6.58 Å². The average Bonchev–Trinajstić information content (AvgIpc) is 2.92. The molecule has 2 aliphatic rings. The van der Waals surface area contributed by atoms with Crippen LogP contribution in [-0.2, 0) is 9.59 Å². The monoisotopic (exact) mass is 461 g/mol. The van der Waals surface area contributed by atoms with Crippen molar-refractivity contribution in [2.75, 3.05) is 12.0 Å². The van der Waals surface area contributed by atoms with Crippen LogP contribution >= 0.6 is 23.2 Å². The number of halogens is 3. The molecule has 1 heterocycles. The number of hydrogen-bond donors (Lipinski definition) is 1. The molecule has 2 aromatic rings. The summed E-state index contributed by atoms with van der Waals surface area (Å²) < 4.78 is 18.6. The lowest BCUT2D eigenvalue weighted by Crippen LogP contribution is -2.54. The molecule has 1 aliphatic heterocycles. The number of rotatable bonds is 4. The summed E-state index contributed by atoms with van der Waals surface area (Å²) in [5, 5.41) is 10.8. The van der Waals surface area contributed by atoms with Crippen LogP contribution < -0.4 is 9.64 Å². The normalized spacial score (nSPS) is 27.7. The maximum atomic E-state index is 13.7. The van der Waals surface area contributed by atoms with Gasteiger partial charge in [0, 0.05) is 11.5 Å². The van der Waals surface area contributed by atoms with Gasteiger partial charge in [0.2, 0.25) is 0 Å². The predicted octanol–water partition coefficient (Wildman–Crippen LogP) is 4.67. The lowest BCUT2D eigenvalue weighted by atomic mass is 9.68. The van der Waals surface area contributed by atoms with E-state index in [4.69, 9.17) is 27.9 Å². The minimum absolute atomic E-state index is 0.0249. The number of allylic oxidation sites excluding steroid dienone is 3. The number of carbonyl (C=O) groups excluding carboxylic acids is 2. The number of phenolic OH excluding ortho intramolecular Hbond substituents is 1. The second-order valence-corrected chi connectivity index (χ2v) is 8.62. The van der Waals surface area contributed by atoms with Crippen LogP contribution in [0.4, 0.5) is 10.1 Å². The van der Waals surface area contributed by atoms with Crippen molar-refractivity contribution in [3.63, 3.8) is 0 Å². The van der Waals surface area contributed by atoms with Gasteiger partial charge in [-0.3, -0.25) is 9.59 Å². The third-order valence-corrected chi connectivity index (χ3v) is 7.28. The molecular weight excluding hydrogens is 444 g/mol. The van der Waals surface area contributed by atoms with Crippen molar-refractivity contribution in [3.8, 4) is 11.5 Å². The summed E-state index contributed by atoms with van der Waals surface area (Å²) in [6.07, 6.45) is 3.18. The molecule has 0 spiro atoms. The Hall–Kier alpha value is -2.83. The van der Waals surface area contributed by atoms with E-state index in [1.54, 1.807) is 24.3 Å². The summed E-state index contributed by atoms with van der Waals surface area (Å²) >= 11 is 13.8. The van der Waals surface area contributed by atoms with Gasteiger partial charge >= 0.3 is 0 Å². The van der Waals surface area contributed by atoms with Crippen LogP contribution in [-0.4, -0.2) is 33.8 Å². The molecule has 0 unspecified atom stereocenters. The Bertz CT molecular complexity index is 1130. The number of phenols is 1. The highest BCUT2D eigenvalue weighted by Gasteiger charge is 2.73. The van der Waals surface area contributed by atoms with Crippen molar-refractivity contribution in [2.24, 2.45) is 0 Å². The summed E-state index contributed by atoms with van der Waals surface area (Å²) in [6.45, 7) is 3.80. The van der Waals surface area contributed by atoms with Gasteiger partial charge in [-0.25, -0.2) is 9.29 Å². The largest absolute Gasteiger partial charge is 0.504 e. The fourth-order valence-electron chi connectivity index (χ4n) is 4.31. The molecule has 1 fully saturated rings. The topological polar surface area (TPSA) is 66.8 Å². The minimum Gasteiger partial charge on any atom is -0.504 e. The van der Waals surface area contributed by atoms with Crippen molar-refractivity contribution >= 4 is 40.7 Å². The van der Waals surface area contributed by atoms with Crippen LogP contribution in [0.1, 0.15) is 17.9 Å². The highest BCUT2D eigenvalue weighted by molar-refractivity contribution is 6.58. The first-order chi connectivity index (χ1) is 14.7. The van der Waals surface area contributed by atoms with E-state index in [9.17, 15) is 19.1 Å². The van der Waals surface area contributed by atoms with E-state index in [0.717, 1.165) is 17.0 Å². The van der Waals surface area contributed by atoms with E-state index in [1.165, 1.54) is 25.3 Å².